The summed E-state index contributed by atoms with van der Waals surface area (Å²) in [5, 5.41) is 0.297. The molecule has 144 valence electrons. The number of pyridine rings is 1. The van der Waals surface area contributed by atoms with Gasteiger partial charge >= 0.3 is 0 Å². The van der Waals surface area contributed by atoms with E-state index in [1.54, 1.807) is 29.1 Å². The molecule has 1 atom stereocenters. The number of fused-ring (bicyclic) bond motifs is 1. The SMILES string of the molecule is NC(=O)C(Sc1nc2ccccc2c(=O)n1Cc1cccnc1)c1ccccc1. The largest absolute Gasteiger partial charge is 0.368 e. The molecule has 1 amide bonds. The third-order valence-electron chi connectivity index (χ3n) is 4.47. The summed E-state index contributed by atoms with van der Waals surface area (Å²) in [5.74, 6) is -0.489. The number of hydrogen-bond acceptors (Lipinski definition) is 5. The molecule has 0 saturated heterocycles. The predicted octanol–water partition coefficient (Wildman–Crippen LogP) is 3.16. The number of carbonyl (C=O) groups is 1. The van der Waals surface area contributed by atoms with Gasteiger partial charge in [-0.25, -0.2) is 4.98 Å². The van der Waals surface area contributed by atoms with Gasteiger partial charge in [0.25, 0.3) is 5.56 Å². The van der Waals surface area contributed by atoms with Crippen molar-refractivity contribution < 1.29 is 4.79 Å². The fourth-order valence-corrected chi connectivity index (χ4v) is 4.12. The summed E-state index contributed by atoms with van der Waals surface area (Å²) in [5.41, 5.74) is 7.73. The lowest BCUT2D eigenvalue weighted by Crippen LogP contribution is -2.26. The molecule has 0 aliphatic carbocycles. The number of carbonyl (C=O) groups excluding carboxylic acids is 1. The van der Waals surface area contributed by atoms with E-state index < -0.39 is 11.2 Å². The fourth-order valence-electron chi connectivity index (χ4n) is 3.07. The Kier molecular flexibility index (Phi) is 5.39. The van der Waals surface area contributed by atoms with Gasteiger partial charge in [0.15, 0.2) is 5.16 Å². The van der Waals surface area contributed by atoms with Crippen molar-refractivity contribution in [2.24, 2.45) is 5.73 Å². The molecule has 6 nitrogen and oxygen atoms in total. The lowest BCUT2D eigenvalue weighted by atomic mass is 10.1. The number of rotatable bonds is 6. The van der Waals surface area contributed by atoms with Gasteiger partial charge in [-0.1, -0.05) is 60.3 Å². The molecule has 0 bridgehead atoms. The van der Waals surface area contributed by atoms with E-state index in [2.05, 4.69) is 9.97 Å². The number of nitrogens with two attached hydrogens (primary N) is 1. The first-order valence-corrected chi connectivity index (χ1v) is 9.91. The Morgan fingerprint density at radius 1 is 1.03 bits per heavy atom. The number of para-hydroxylation sites is 1. The molecule has 1 unspecified atom stereocenters. The van der Waals surface area contributed by atoms with Crippen LogP contribution in [0.15, 0.2) is 89.1 Å². The summed E-state index contributed by atoms with van der Waals surface area (Å²) in [4.78, 5) is 34.2. The minimum absolute atomic E-state index is 0.168. The Balaban J connectivity index is 1.84. The van der Waals surface area contributed by atoms with E-state index in [0.29, 0.717) is 22.6 Å². The number of hydrogen-bond donors (Lipinski definition) is 1. The van der Waals surface area contributed by atoms with Crippen molar-refractivity contribution in [3.8, 4) is 0 Å². The van der Waals surface area contributed by atoms with Crippen LogP contribution in [0.4, 0.5) is 0 Å². The molecule has 0 aliphatic heterocycles. The Morgan fingerprint density at radius 3 is 2.52 bits per heavy atom. The molecule has 0 radical (unpaired) electrons. The minimum atomic E-state index is -0.663. The van der Waals surface area contributed by atoms with Gasteiger partial charge < -0.3 is 5.73 Å². The number of thioether (sulfide) groups is 1. The quantitative estimate of drug-likeness (QED) is 0.395. The van der Waals surface area contributed by atoms with E-state index in [4.69, 9.17) is 5.73 Å². The third kappa shape index (κ3) is 4.05. The van der Waals surface area contributed by atoms with Gasteiger partial charge in [-0.15, -0.1) is 0 Å². The number of benzene rings is 2. The summed E-state index contributed by atoms with van der Waals surface area (Å²) in [6, 6.07) is 20.1. The Labute approximate surface area is 171 Å². The highest BCUT2D eigenvalue weighted by molar-refractivity contribution is 8.00. The topological polar surface area (TPSA) is 90.9 Å². The molecule has 7 heteroatoms. The van der Waals surface area contributed by atoms with Crippen molar-refractivity contribution in [2.45, 2.75) is 17.0 Å². The first kappa shape index (κ1) is 18.9. The van der Waals surface area contributed by atoms with Crippen LogP contribution in [0, 0.1) is 0 Å². The zero-order valence-electron chi connectivity index (χ0n) is 15.4. The van der Waals surface area contributed by atoms with E-state index in [9.17, 15) is 9.59 Å². The average Bonchev–Trinajstić information content (AvgIpc) is 2.75. The number of nitrogens with zero attached hydrogens (tertiary/aromatic N) is 3. The summed E-state index contributed by atoms with van der Waals surface area (Å²) < 4.78 is 1.57. The average molecular weight is 402 g/mol. The van der Waals surface area contributed by atoms with E-state index >= 15 is 0 Å². The van der Waals surface area contributed by atoms with Crippen LogP contribution in [0.25, 0.3) is 10.9 Å². The van der Waals surface area contributed by atoms with E-state index in [1.807, 2.05) is 54.6 Å². The highest BCUT2D eigenvalue weighted by atomic mass is 32.2. The number of aromatic nitrogens is 3. The maximum absolute atomic E-state index is 13.2. The van der Waals surface area contributed by atoms with Gasteiger partial charge in [0.2, 0.25) is 5.91 Å². The van der Waals surface area contributed by atoms with Gasteiger partial charge in [0.1, 0.15) is 5.25 Å². The second-order valence-corrected chi connectivity index (χ2v) is 7.55. The Bertz CT molecular complexity index is 1210. The molecule has 4 rings (SSSR count). The van der Waals surface area contributed by atoms with Crippen molar-refractivity contribution in [1.82, 2.24) is 14.5 Å². The Hall–Kier alpha value is -3.45. The zero-order valence-corrected chi connectivity index (χ0v) is 16.3. The minimum Gasteiger partial charge on any atom is -0.368 e. The number of primary amides is 1. The van der Waals surface area contributed by atoms with Gasteiger partial charge in [-0.2, -0.15) is 0 Å². The summed E-state index contributed by atoms with van der Waals surface area (Å²) in [6.45, 7) is 0.299. The van der Waals surface area contributed by atoms with Gasteiger partial charge in [-0.3, -0.25) is 19.1 Å². The monoisotopic (exact) mass is 402 g/mol. The van der Waals surface area contributed by atoms with Crippen molar-refractivity contribution in [3.63, 3.8) is 0 Å². The van der Waals surface area contributed by atoms with Crippen molar-refractivity contribution in [2.75, 3.05) is 0 Å². The normalized spacial score (nSPS) is 12.0. The highest BCUT2D eigenvalue weighted by Crippen LogP contribution is 2.34. The lowest BCUT2D eigenvalue weighted by Gasteiger charge is -2.17. The number of amides is 1. The highest BCUT2D eigenvalue weighted by Gasteiger charge is 2.23. The smallest absolute Gasteiger partial charge is 0.262 e. The molecule has 4 aromatic rings. The molecule has 29 heavy (non-hydrogen) atoms. The first-order chi connectivity index (χ1) is 14.1. The van der Waals surface area contributed by atoms with Crippen LogP contribution in [0.3, 0.4) is 0 Å². The molecule has 0 saturated carbocycles. The molecule has 0 fully saturated rings. The van der Waals surface area contributed by atoms with Crippen LogP contribution in [0.2, 0.25) is 0 Å². The summed E-state index contributed by atoms with van der Waals surface area (Å²) in [7, 11) is 0. The first-order valence-electron chi connectivity index (χ1n) is 9.03. The molecule has 0 aliphatic rings. The maximum Gasteiger partial charge on any atom is 0.262 e. The third-order valence-corrected chi connectivity index (χ3v) is 5.74. The second kappa shape index (κ2) is 8.28. The van der Waals surface area contributed by atoms with Crippen molar-refractivity contribution >= 4 is 28.6 Å². The molecule has 2 aromatic heterocycles. The van der Waals surface area contributed by atoms with Gasteiger partial charge in [0.05, 0.1) is 17.4 Å². The van der Waals surface area contributed by atoms with Crippen LogP contribution < -0.4 is 11.3 Å². The van der Waals surface area contributed by atoms with Crippen molar-refractivity contribution in [3.05, 3.63) is 101 Å². The van der Waals surface area contributed by atoms with Crippen LogP contribution in [0.1, 0.15) is 16.4 Å². The van der Waals surface area contributed by atoms with Crippen LogP contribution >= 0.6 is 11.8 Å². The fraction of sp³-hybridized carbons (Fsp3) is 0.0909. The van der Waals surface area contributed by atoms with Gasteiger partial charge in [-0.05, 0) is 29.3 Å². The van der Waals surface area contributed by atoms with E-state index in [1.165, 1.54) is 11.8 Å². The van der Waals surface area contributed by atoms with Crippen LogP contribution in [-0.4, -0.2) is 20.4 Å². The second-order valence-electron chi connectivity index (χ2n) is 6.48. The molecule has 0 spiro atoms. The summed E-state index contributed by atoms with van der Waals surface area (Å²) >= 11 is 1.18. The van der Waals surface area contributed by atoms with Crippen molar-refractivity contribution in [1.29, 1.82) is 0 Å². The van der Waals surface area contributed by atoms with Crippen LogP contribution in [0.5, 0.6) is 0 Å². The Morgan fingerprint density at radius 2 is 1.79 bits per heavy atom. The summed E-state index contributed by atoms with van der Waals surface area (Å²) in [6.07, 6.45) is 3.39. The molecule has 2 aromatic carbocycles. The standard InChI is InChI=1S/C22H18N4O2S/c23-20(27)19(16-8-2-1-3-9-16)29-22-25-18-11-5-4-10-17(18)21(28)26(22)14-15-7-6-12-24-13-15/h1-13,19H,14H2,(H2,23,27). The van der Waals surface area contributed by atoms with E-state index in [-0.39, 0.29) is 5.56 Å². The molecular weight excluding hydrogens is 384 g/mol. The van der Waals surface area contributed by atoms with Crippen LogP contribution in [-0.2, 0) is 11.3 Å². The zero-order chi connectivity index (χ0) is 20.2. The van der Waals surface area contributed by atoms with Gasteiger partial charge in [0, 0.05) is 12.4 Å². The van der Waals surface area contributed by atoms with E-state index in [0.717, 1.165) is 11.1 Å². The molecular formula is C22H18N4O2S. The molecule has 2 N–H and O–H groups in total. The molecule has 2 heterocycles. The predicted molar refractivity (Wildman–Crippen MR) is 114 cm³/mol. The lowest BCUT2D eigenvalue weighted by molar-refractivity contribution is -0.117. The maximum atomic E-state index is 13.2.